The Morgan fingerprint density at radius 3 is 2.70 bits per heavy atom. The Balaban J connectivity index is 1.91. The third kappa shape index (κ3) is 2.18. The number of carbonyl (C=O) groups excluding carboxylic acids is 1. The topological polar surface area (TPSA) is 60.7 Å². The van der Waals surface area contributed by atoms with E-state index < -0.39 is 0 Å². The lowest BCUT2D eigenvalue weighted by molar-refractivity contribution is 0.0985. The van der Waals surface area contributed by atoms with Gasteiger partial charge in [-0.25, -0.2) is 9.97 Å². The predicted molar refractivity (Wildman–Crippen MR) is 75.5 cm³/mol. The molecule has 2 aromatic heterocycles. The molecule has 0 saturated heterocycles. The van der Waals surface area contributed by atoms with Crippen LogP contribution in [0.3, 0.4) is 0 Å². The summed E-state index contributed by atoms with van der Waals surface area (Å²) in [6.45, 7) is 1.84. The molecule has 0 saturated carbocycles. The zero-order valence-corrected chi connectivity index (χ0v) is 11.4. The lowest BCUT2D eigenvalue weighted by atomic mass is 10.2. The highest BCUT2D eigenvalue weighted by Gasteiger charge is 2.14. The summed E-state index contributed by atoms with van der Waals surface area (Å²) in [5.74, 6) is 0.662. The monoisotopic (exact) mass is 266 g/mol. The maximum absolute atomic E-state index is 12.2. The minimum absolute atomic E-state index is 0.0732. The fourth-order valence-electron chi connectivity index (χ4n) is 2.12. The fourth-order valence-corrected chi connectivity index (χ4v) is 2.12. The van der Waals surface area contributed by atoms with Crippen LogP contribution < -0.4 is 0 Å². The van der Waals surface area contributed by atoms with Crippen molar-refractivity contribution in [1.82, 2.24) is 19.5 Å². The summed E-state index contributed by atoms with van der Waals surface area (Å²) in [5, 5.41) is 0. The van der Waals surface area contributed by atoms with Gasteiger partial charge in [-0.15, -0.1) is 0 Å². The summed E-state index contributed by atoms with van der Waals surface area (Å²) in [7, 11) is 1.92. The number of fused-ring (bicyclic) bond motifs is 1. The number of Topliss-reactive ketones (excluding diaryl/α,β-unsaturated/α-hetero) is 1. The van der Waals surface area contributed by atoms with E-state index >= 15 is 0 Å². The molecular formula is C15H14N4O. The second kappa shape index (κ2) is 4.85. The summed E-state index contributed by atoms with van der Waals surface area (Å²) in [5.41, 5.74) is 3.09. The molecule has 0 radical (unpaired) electrons. The van der Waals surface area contributed by atoms with Crippen LogP contribution in [0.2, 0.25) is 0 Å². The quantitative estimate of drug-likeness (QED) is 0.681. The SMILES string of the molecule is Cc1cnc(C(=O)Cc2nc3ccccc3n2C)cn1. The van der Waals surface area contributed by atoms with Gasteiger partial charge in [0.25, 0.3) is 0 Å². The van der Waals surface area contributed by atoms with E-state index in [4.69, 9.17) is 0 Å². The number of benzene rings is 1. The Morgan fingerprint density at radius 1 is 1.20 bits per heavy atom. The summed E-state index contributed by atoms with van der Waals surface area (Å²) < 4.78 is 1.94. The molecule has 0 aliphatic heterocycles. The maximum atomic E-state index is 12.2. The molecule has 5 heteroatoms. The van der Waals surface area contributed by atoms with Crippen LogP contribution in [-0.4, -0.2) is 25.3 Å². The van der Waals surface area contributed by atoms with Gasteiger partial charge in [0.05, 0.1) is 29.3 Å². The first-order valence-corrected chi connectivity index (χ1v) is 6.37. The highest BCUT2D eigenvalue weighted by Crippen LogP contribution is 2.15. The van der Waals surface area contributed by atoms with Crippen molar-refractivity contribution in [2.24, 2.45) is 7.05 Å². The maximum Gasteiger partial charge on any atom is 0.190 e. The van der Waals surface area contributed by atoms with E-state index in [0.717, 1.165) is 22.6 Å². The van der Waals surface area contributed by atoms with Gasteiger partial charge in [0.2, 0.25) is 0 Å². The number of aromatic nitrogens is 4. The summed E-state index contributed by atoms with van der Waals surface area (Å²) in [6.07, 6.45) is 3.34. The van der Waals surface area contributed by atoms with Gasteiger partial charge in [-0.3, -0.25) is 9.78 Å². The zero-order valence-electron chi connectivity index (χ0n) is 11.4. The van der Waals surface area contributed by atoms with Crippen LogP contribution in [-0.2, 0) is 13.5 Å². The molecular weight excluding hydrogens is 252 g/mol. The molecule has 0 N–H and O–H groups in total. The highest BCUT2D eigenvalue weighted by molar-refractivity contribution is 5.95. The molecule has 1 aromatic carbocycles. The van der Waals surface area contributed by atoms with Crippen molar-refractivity contribution in [2.75, 3.05) is 0 Å². The van der Waals surface area contributed by atoms with Crippen molar-refractivity contribution >= 4 is 16.8 Å². The van der Waals surface area contributed by atoms with Gasteiger partial charge in [0.15, 0.2) is 5.78 Å². The second-order valence-corrected chi connectivity index (χ2v) is 4.72. The van der Waals surface area contributed by atoms with Crippen molar-refractivity contribution < 1.29 is 4.79 Å². The molecule has 0 atom stereocenters. The van der Waals surface area contributed by atoms with Crippen molar-refractivity contribution in [3.8, 4) is 0 Å². The summed E-state index contributed by atoms with van der Waals surface area (Å²) >= 11 is 0. The molecule has 0 aliphatic rings. The Hall–Kier alpha value is -2.56. The van der Waals surface area contributed by atoms with Crippen LogP contribution in [0.15, 0.2) is 36.7 Å². The molecule has 0 aliphatic carbocycles. The van der Waals surface area contributed by atoms with Crippen molar-refractivity contribution in [1.29, 1.82) is 0 Å². The molecule has 5 nitrogen and oxygen atoms in total. The average molecular weight is 266 g/mol. The largest absolute Gasteiger partial charge is 0.331 e. The first-order valence-electron chi connectivity index (χ1n) is 6.37. The molecule has 0 bridgehead atoms. The van der Waals surface area contributed by atoms with Gasteiger partial charge in [-0.1, -0.05) is 12.1 Å². The molecule has 20 heavy (non-hydrogen) atoms. The van der Waals surface area contributed by atoms with E-state index in [0.29, 0.717) is 5.69 Å². The third-order valence-corrected chi connectivity index (χ3v) is 3.27. The van der Waals surface area contributed by atoms with Crippen LogP contribution in [0.25, 0.3) is 11.0 Å². The smallest absolute Gasteiger partial charge is 0.190 e. The first-order chi connectivity index (χ1) is 9.65. The average Bonchev–Trinajstić information content (AvgIpc) is 2.77. The number of aryl methyl sites for hydroxylation is 2. The van der Waals surface area contributed by atoms with E-state index in [1.165, 1.54) is 6.20 Å². The molecule has 3 rings (SSSR count). The van der Waals surface area contributed by atoms with Crippen molar-refractivity contribution in [3.63, 3.8) is 0 Å². The number of nitrogens with zero attached hydrogens (tertiary/aromatic N) is 4. The Labute approximate surface area is 116 Å². The van der Waals surface area contributed by atoms with Crippen LogP contribution >= 0.6 is 0 Å². The van der Waals surface area contributed by atoms with Crippen LogP contribution in [0.1, 0.15) is 22.0 Å². The van der Waals surface area contributed by atoms with Crippen LogP contribution in [0.5, 0.6) is 0 Å². The number of imidazole rings is 1. The van der Waals surface area contributed by atoms with E-state index in [1.807, 2.05) is 42.8 Å². The number of rotatable bonds is 3. The minimum atomic E-state index is -0.0732. The van der Waals surface area contributed by atoms with Gasteiger partial charge in [0, 0.05) is 13.2 Å². The zero-order chi connectivity index (χ0) is 14.1. The minimum Gasteiger partial charge on any atom is -0.331 e. The standard InChI is InChI=1S/C15H14N4O/c1-10-8-17-12(9-16-10)14(20)7-15-18-11-5-3-4-6-13(11)19(15)2/h3-6,8-9H,7H2,1-2H3. The highest BCUT2D eigenvalue weighted by atomic mass is 16.1. The Kier molecular flexibility index (Phi) is 3.02. The van der Waals surface area contributed by atoms with Gasteiger partial charge < -0.3 is 4.57 Å². The number of hydrogen-bond donors (Lipinski definition) is 0. The lowest BCUT2D eigenvalue weighted by Gasteiger charge is -2.02. The van der Waals surface area contributed by atoms with E-state index in [-0.39, 0.29) is 12.2 Å². The van der Waals surface area contributed by atoms with E-state index in [1.54, 1.807) is 6.20 Å². The number of para-hydroxylation sites is 2. The fraction of sp³-hybridized carbons (Fsp3) is 0.200. The lowest BCUT2D eigenvalue weighted by Crippen LogP contribution is -2.10. The van der Waals surface area contributed by atoms with Gasteiger partial charge in [-0.05, 0) is 19.1 Å². The van der Waals surface area contributed by atoms with Crippen LogP contribution in [0, 0.1) is 6.92 Å². The number of ketones is 1. The van der Waals surface area contributed by atoms with E-state index in [9.17, 15) is 4.79 Å². The molecule has 100 valence electrons. The summed E-state index contributed by atoms with van der Waals surface area (Å²) in [4.78, 5) is 24.9. The predicted octanol–water partition coefficient (Wildman–Crippen LogP) is 2.10. The number of hydrogen-bond acceptors (Lipinski definition) is 4. The second-order valence-electron chi connectivity index (χ2n) is 4.72. The first kappa shape index (κ1) is 12.5. The molecule has 0 unspecified atom stereocenters. The van der Waals surface area contributed by atoms with Crippen molar-refractivity contribution in [2.45, 2.75) is 13.3 Å². The van der Waals surface area contributed by atoms with Gasteiger partial charge in [0.1, 0.15) is 11.5 Å². The van der Waals surface area contributed by atoms with Crippen molar-refractivity contribution in [3.05, 3.63) is 53.9 Å². The molecule has 0 amide bonds. The molecule has 0 spiro atoms. The number of carbonyl (C=O) groups is 1. The van der Waals surface area contributed by atoms with Gasteiger partial charge in [-0.2, -0.15) is 0 Å². The normalized spacial score (nSPS) is 10.9. The third-order valence-electron chi connectivity index (χ3n) is 3.27. The Morgan fingerprint density at radius 2 is 2.00 bits per heavy atom. The molecule has 2 heterocycles. The van der Waals surface area contributed by atoms with Crippen LogP contribution in [0.4, 0.5) is 0 Å². The Bertz CT molecular complexity index is 774. The van der Waals surface area contributed by atoms with E-state index in [2.05, 4.69) is 15.0 Å². The molecule has 0 fully saturated rings. The summed E-state index contributed by atoms with van der Waals surface area (Å²) in [6, 6.07) is 7.82. The van der Waals surface area contributed by atoms with Gasteiger partial charge >= 0.3 is 0 Å². The molecule has 3 aromatic rings.